The molecular weight excluding hydrogens is 334 g/mol. The van der Waals surface area contributed by atoms with Crippen molar-refractivity contribution in [1.29, 1.82) is 0 Å². The molecule has 2 aliphatic heterocycles. The lowest BCUT2D eigenvalue weighted by Crippen LogP contribution is -2.40. The summed E-state index contributed by atoms with van der Waals surface area (Å²) in [6.45, 7) is 6.95. The van der Waals surface area contributed by atoms with Crippen molar-refractivity contribution in [3.63, 3.8) is 0 Å². The van der Waals surface area contributed by atoms with Gasteiger partial charge in [0.05, 0.1) is 30.1 Å². The second-order valence-electron chi connectivity index (χ2n) is 7.27. The average Bonchev–Trinajstić information content (AvgIpc) is 3.23. The molecule has 6 heteroatoms. The van der Waals surface area contributed by atoms with Crippen LogP contribution in [-0.2, 0) is 11.3 Å². The van der Waals surface area contributed by atoms with E-state index in [1.54, 1.807) is 23.7 Å². The van der Waals surface area contributed by atoms with E-state index in [1.165, 1.54) is 23.4 Å². The van der Waals surface area contributed by atoms with Gasteiger partial charge in [-0.1, -0.05) is 0 Å². The fourth-order valence-corrected chi connectivity index (χ4v) is 4.66. The molecule has 0 N–H and O–H groups in total. The topological polar surface area (TPSA) is 47.5 Å². The molecule has 0 aromatic carbocycles. The summed E-state index contributed by atoms with van der Waals surface area (Å²) in [4.78, 5) is 12.4. The SMILES string of the molecule is Cc1ncsc1CN1CCC2(CC1)CO[C@H](COc1cccnc1)C2. The van der Waals surface area contributed by atoms with Crippen LogP contribution in [0.2, 0.25) is 0 Å². The van der Waals surface area contributed by atoms with E-state index in [0.717, 1.165) is 38.4 Å². The second kappa shape index (κ2) is 7.40. The standard InChI is InChI=1S/C19H25N3O2S/c1-15-18(25-14-21-15)11-22-7-4-19(5-8-22)9-17(24-13-19)12-23-16-3-2-6-20-10-16/h2-3,6,10,14,17H,4-5,7-9,11-13H2,1H3/t17-/m0/s1. The third-order valence-electron chi connectivity index (χ3n) is 5.48. The van der Waals surface area contributed by atoms with E-state index in [2.05, 4.69) is 21.8 Å². The van der Waals surface area contributed by atoms with Gasteiger partial charge in [-0.25, -0.2) is 4.98 Å². The third-order valence-corrected chi connectivity index (χ3v) is 6.40. The van der Waals surface area contributed by atoms with Gasteiger partial charge in [-0.2, -0.15) is 0 Å². The molecule has 2 saturated heterocycles. The highest BCUT2D eigenvalue weighted by Gasteiger charge is 2.42. The van der Waals surface area contributed by atoms with Crippen molar-refractivity contribution in [3.05, 3.63) is 40.6 Å². The van der Waals surface area contributed by atoms with E-state index in [0.29, 0.717) is 12.0 Å². The quantitative estimate of drug-likeness (QED) is 0.820. The summed E-state index contributed by atoms with van der Waals surface area (Å²) in [5.74, 6) is 0.821. The Morgan fingerprint density at radius 3 is 3.00 bits per heavy atom. The van der Waals surface area contributed by atoms with Gasteiger partial charge in [0.15, 0.2) is 0 Å². The summed E-state index contributed by atoms with van der Waals surface area (Å²) < 4.78 is 11.9. The Morgan fingerprint density at radius 2 is 2.28 bits per heavy atom. The maximum atomic E-state index is 6.06. The van der Waals surface area contributed by atoms with Gasteiger partial charge >= 0.3 is 0 Å². The van der Waals surface area contributed by atoms with Crippen LogP contribution >= 0.6 is 11.3 Å². The highest BCUT2D eigenvalue weighted by atomic mass is 32.1. The lowest BCUT2D eigenvalue weighted by atomic mass is 9.76. The van der Waals surface area contributed by atoms with Crippen LogP contribution in [0.3, 0.4) is 0 Å². The molecule has 0 saturated carbocycles. The van der Waals surface area contributed by atoms with Crippen molar-refractivity contribution in [3.8, 4) is 5.75 Å². The summed E-state index contributed by atoms with van der Waals surface area (Å²) in [6, 6.07) is 3.84. The summed E-state index contributed by atoms with van der Waals surface area (Å²) in [5, 5.41) is 0. The molecule has 0 bridgehead atoms. The van der Waals surface area contributed by atoms with Crippen molar-refractivity contribution in [2.24, 2.45) is 5.41 Å². The minimum Gasteiger partial charge on any atom is -0.489 e. The normalized spacial score (nSPS) is 23.2. The van der Waals surface area contributed by atoms with E-state index in [1.807, 2.05) is 17.6 Å². The van der Waals surface area contributed by atoms with Gasteiger partial charge in [-0.05, 0) is 56.8 Å². The zero-order chi connectivity index (χ0) is 17.1. The lowest BCUT2D eigenvalue weighted by Gasteiger charge is -2.38. The first-order valence-corrected chi connectivity index (χ1v) is 9.86. The molecule has 1 spiro atoms. The molecule has 2 fully saturated rings. The number of hydrogen-bond donors (Lipinski definition) is 0. The largest absolute Gasteiger partial charge is 0.489 e. The number of thiazole rings is 1. The maximum absolute atomic E-state index is 6.06. The molecule has 134 valence electrons. The van der Waals surface area contributed by atoms with Crippen molar-refractivity contribution in [1.82, 2.24) is 14.9 Å². The van der Waals surface area contributed by atoms with Crippen LogP contribution in [0.4, 0.5) is 0 Å². The second-order valence-corrected chi connectivity index (χ2v) is 8.21. The predicted octanol–water partition coefficient (Wildman–Crippen LogP) is 3.30. The number of likely N-dealkylation sites (tertiary alicyclic amines) is 1. The predicted molar refractivity (Wildman–Crippen MR) is 97.9 cm³/mol. The fourth-order valence-electron chi connectivity index (χ4n) is 3.84. The number of ether oxygens (including phenoxy) is 2. The lowest BCUT2D eigenvalue weighted by molar-refractivity contribution is 0.0471. The highest BCUT2D eigenvalue weighted by molar-refractivity contribution is 7.09. The van der Waals surface area contributed by atoms with Crippen LogP contribution in [0.1, 0.15) is 29.8 Å². The number of rotatable bonds is 5. The molecule has 0 amide bonds. The molecule has 4 heterocycles. The van der Waals surface area contributed by atoms with Gasteiger partial charge in [0.2, 0.25) is 0 Å². The van der Waals surface area contributed by atoms with Gasteiger partial charge < -0.3 is 9.47 Å². The molecule has 25 heavy (non-hydrogen) atoms. The first-order valence-electron chi connectivity index (χ1n) is 8.98. The van der Waals surface area contributed by atoms with Crippen molar-refractivity contribution in [2.45, 2.75) is 38.8 Å². The number of piperidine rings is 1. The number of aryl methyl sites for hydroxylation is 1. The van der Waals surface area contributed by atoms with Crippen LogP contribution in [0.5, 0.6) is 5.75 Å². The monoisotopic (exact) mass is 359 g/mol. The van der Waals surface area contributed by atoms with Gasteiger partial charge in [0.1, 0.15) is 12.4 Å². The molecule has 0 radical (unpaired) electrons. The van der Waals surface area contributed by atoms with E-state index in [9.17, 15) is 0 Å². The van der Waals surface area contributed by atoms with Crippen molar-refractivity contribution >= 4 is 11.3 Å². The van der Waals surface area contributed by atoms with Crippen LogP contribution in [-0.4, -0.2) is 47.3 Å². The Labute approximate surface area is 153 Å². The summed E-state index contributed by atoms with van der Waals surface area (Å²) in [6.07, 6.45) is 7.26. The van der Waals surface area contributed by atoms with E-state index < -0.39 is 0 Å². The fraction of sp³-hybridized carbons (Fsp3) is 0.579. The molecular formula is C19H25N3O2S. The summed E-state index contributed by atoms with van der Waals surface area (Å²) >= 11 is 1.77. The van der Waals surface area contributed by atoms with Crippen LogP contribution in [0.15, 0.2) is 30.0 Å². The summed E-state index contributed by atoms with van der Waals surface area (Å²) in [5.41, 5.74) is 3.48. The average molecular weight is 359 g/mol. The number of aromatic nitrogens is 2. The Hall–Kier alpha value is -1.50. The molecule has 4 rings (SSSR count). The third kappa shape index (κ3) is 4.02. The van der Waals surface area contributed by atoms with E-state index in [4.69, 9.17) is 9.47 Å². The van der Waals surface area contributed by atoms with Gasteiger partial charge in [-0.3, -0.25) is 9.88 Å². The molecule has 1 atom stereocenters. The van der Waals surface area contributed by atoms with E-state index in [-0.39, 0.29) is 6.10 Å². The van der Waals surface area contributed by atoms with Crippen molar-refractivity contribution in [2.75, 3.05) is 26.3 Å². The molecule has 2 aromatic rings. The Bertz CT molecular complexity index is 683. The first-order chi connectivity index (χ1) is 12.2. The van der Waals surface area contributed by atoms with Gasteiger partial charge in [-0.15, -0.1) is 11.3 Å². The van der Waals surface area contributed by atoms with Gasteiger partial charge in [0.25, 0.3) is 0 Å². The van der Waals surface area contributed by atoms with Crippen molar-refractivity contribution < 1.29 is 9.47 Å². The Morgan fingerprint density at radius 1 is 1.40 bits per heavy atom. The zero-order valence-corrected chi connectivity index (χ0v) is 15.5. The molecule has 0 unspecified atom stereocenters. The number of pyridine rings is 1. The van der Waals surface area contributed by atoms with Crippen LogP contribution in [0, 0.1) is 12.3 Å². The van der Waals surface area contributed by atoms with Crippen LogP contribution in [0.25, 0.3) is 0 Å². The molecule has 0 aliphatic carbocycles. The Balaban J connectivity index is 1.25. The Kier molecular flexibility index (Phi) is 5.01. The molecule has 2 aromatic heterocycles. The smallest absolute Gasteiger partial charge is 0.137 e. The maximum Gasteiger partial charge on any atom is 0.137 e. The molecule has 5 nitrogen and oxygen atoms in total. The van der Waals surface area contributed by atoms with Gasteiger partial charge in [0, 0.05) is 17.6 Å². The number of hydrogen-bond acceptors (Lipinski definition) is 6. The first kappa shape index (κ1) is 16.9. The minimum atomic E-state index is 0.204. The highest BCUT2D eigenvalue weighted by Crippen LogP contribution is 2.42. The van der Waals surface area contributed by atoms with E-state index >= 15 is 0 Å². The molecule has 2 aliphatic rings. The minimum absolute atomic E-state index is 0.204. The summed E-state index contributed by atoms with van der Waals surface area (Å²) in [7, 11) is 0. The zero-order valence-electron chi connectivity index (χ0n) is 14.7. The van der Waals surface area contributed by atoms with Crippen LogP contribution < -0.4 is 4.74 Å². The number of nitrogens with zero attached hydrogens (tertiary/aromatic N) is 3.